The molecule has 158 valence electrons. The van der Waals surface area contributed by atoms with Crippen LogP contribution in [0.3, 0.4) is 0 Å². The van der Waals surface area contributed by atoms with Crippen molar-refractivity contribution in [2.24, 2.45) is 5.92 Å². The van der Waals surface area contributed by atoms with E-state index in [4.69, 9.17) is 37.4 Å². The Hall–Kier alpha value is -1.84. The number of nitrogens with one attached hydrogen (secondary N) is 1. The van der Waals surface area contributed by atoms with Gasteiger partial charge >= 0.3 is 5.97 Å². The van der Waals surface area contributed by atoms with E-state index >= 15 is 0 Å². The van der Waals surface area contributed by atoms with E-state index in [2.05, 4.69) is 10.4 Å². The lowest BCUT2D eigenvalue weighted by atomic mass is 9.95. The molecule has 2 heterocycles. The molecule has 3 rings (SSSR count). The maximum Gasteiger partial charge on any atom is 0.354 e. The maximum atomic E-state index is 11.7. The molecular formula is C19H23Cl2N3O5. The molecule has 1 aliphatic rings. The number of halogens is 2. The maximum absolute atomic E-state index is 11.7. The van der Waals surface area contributed by atoms with Crippen molar-refractivity contribution in [1.29, 1.82) is 0 Å². The predicted octanol–water partition coefficient (Wildman–Crippen LogP) is 2.89. The Morgan fingerprint density at radius 3 is 2.90 bits per heavy atom. The summed E-state index contributed by atoms with van der Waals surface area (Å²) in [6, 6.07) is 6.80. The molecule has 0 bridgehead atoms. The van der Waals surface area contributed by atoms with Crippen molar-refractivity contribution in [2.75, 3.05) is 40.0 Å². The first-order chi connectivity index (χ1) is 14.0. The van der Waals surface area contributed by atoms with Crippen LogP contribution in [0.1, 0.15) is 22.2 Å². The van der Waals surface area contributed by atoms with Gasteiger partial charge < -0.3 is 24.6 Å². The normalized spacial score (nSPS) is 19.7. The van der Waals surface area contributed by atoms with E-state index in [1.165, 1.54) is 10.7 Å². The number of nitrogens with zero attached hydrogens (tertiary/aromatic N) is 2. The van der Waals surface area contributed by atoms with Crippen LogP contribution in [-0.4, -0.2) is 60.9 Å². The van der Waals surface area contributed by atoms with Crippen LogP contribution in [0.2, 0.25) is 10.0 Å². The lowest BCUT2D eigenvalue weighted by molar-refractivity contribution is 0.0235. The van der Waals surface area contributed by atoms with Crippen LogP contribution < -0.4 is 10.1 Å². The zero-order valence-corrected chi connectivity index (χ0v) is 17.4. The largest absolute Gasteiger partial charge is 0.477 e. The summed E-state index contributed by atoms with van der Waals surface area (Å²) < 4.78 is 17.9. The van der Waals surface area contributed by atoms with Crippen molar-refractivity contribution in [3.63, 3.8) is 0 Å². The second-order valence-electron chi connectivity index (χ2n) is 6.63. The monoisotopic (exact) mass is 443 g/mol. The molecule has 2 atom stereocenters. The van der Waals surface area contributed by atoms with Crippen LogP contribution in [0.15, 0.2) is 24.3 Å². The highest BCUT2D eigenvalue weighted by molar-refractivity contribution is 6.42. The Kier molecular flexibility index (Phi) is 7.74. The fraction of sp³-hybridized carbons (Fsp3) is 0.474. The standard InChI is InChI=1S/C19H23Cl2N3O5/c1-27-6-7-28-17-9-16(19(25)26)24(23-17)11-13-10-22-4-5-29-18(13)12-2-3-14(20)15(21)8-12/h2-3,8-9,13,18,22H,4-7,10-11H2,1H3,(H,25,26). The molecule has 1 aliphatic heterocycles. The van der Waals surface area contributed by atoms with Gasteiger partial charge in [0.25, 0.3) is 0 Å². The number of hydrogen-bond acceptors (Lipinski definition) is 6. The fourth-order valence-electron chi connectivity index (χ4n) is 3.23. The van der Waals surface area contributed by atoms with Gasteiger partial charge in [0.1, 0.15) is 12.3 Å². The number of carboxylic acid groups (broad SMARTS) is 1. The second kappa shape index (κ2) is 10.3. The Bertz CT molecular complexity index is 845. The number of benzene rings is 1. The highest BCUT2D eigenvalue weighted by atomic mass is 35.5. The molecule has 2 unspecified atom stereocenters. The molecule has 2 N–H and O–H groups in total. The fourth-order valence-corrected chi connectivity index (χ4v) is 3.54. The van der Waals surface area contributed by atoms with Crippen molar-refractivity contribution in [1.82, 2.24) is 15.1 Å². The van der Waals surface area contributed by atoms with Gasteiger partial charge in [0.05, 0.1) is 29.4 Å². The third-order valence-corrected chi connectivity index (χ3v) is 5.34. The zero-order valence-electron chi connectivity index (χ0n) is 15.9. The van der Waals surface area contributed by atoms with E-state index in [0.717, 1.165) is 5.56 Å². The third kappa shape index (κ3) is 5.61. The molecule has 0 spiro atoms. The van der Waals surface area contributed by atoms with Gasteiger partial charge in [0.15, 0.2) is 0 Å². The van der Waals surface area contributed by atoms with Crippen molar-refractivity contribution >= 4 is 29.2 Å². The smallest absolute Gasteiger partial charge is 0.354 e. The molecule has 10 heteroatoms. The molecule has 1 fully saturated rings. The summed E-state index contributed by atoms with van der Waals surface area (Å²) >= 11 is 12.2. The number of carbonyl (C=O) groups is 1. The average molecular weight is 444 g/mol. The lowest BCUT2D eigenvalue weighted by Crippen LogP contribution is -2.29. The SMILES string of the molecule is COCCOc1cc(C(=O)O)n(CC2CNCCOC2c2ccc(Cl)c(Cl)c2)n1. The van der Waals surface area contributed by atoms with Gasteiger partial charge in [-0.2, -0.15) is 0 Å². The van der Waals surface area contributed by atoms with Crippen LogP contribution >= 0.6 is 23.2 Å². The van der Waals surface area contributed by atoms with E-state index in [1.807, 2.05) is 6.07 Å². The van der Waals surface area contributed by atoms with Gasteiger partial charge in [0.2, 0.25) is 5.88 Å². The predicted molar refractivity (Wildman–Crippen MR) is 108 cm³/mol. The van der Waals surface area contributed by atoms with Crippen LogP contribution in [-0.2, 0) is 16.0 Å². The van der Waals surface area contributed by atoms with Gasteiger partial charge in [-0.15, -0.1) is 5.10 Å². The number of hydrogen-bond donors (Lipinski definition) is 2. The first kappa shape index (κ1) is 21.9. The van der Waals surface area contributed by atoms with Gasteiger partial charge in [0, 0.05) is 38.7 Å². The summed E-state index contributed by atoms with van der Waals surface area (Å²) in [5.74, 6) is -0.916. The number of methoxy groups -OCH3 is 1. The Labute approximate surface area is 178 Å². The summed E-state index contributed by atoms with van der Waals surface area (Å²) in [5, 5.41) is 18.1. The molecule has 0 amide bonds. The van der Waals surface area contributed by atoms with Crippen molar-refractivity contribution < 1.29 is 24.1 Å². The number of rotatable bonds is 8. The summed E-state index contributed by atoms with van der Waals surface area (Å²) in [7, 11) is 1.56. The van der Waals surface area contributed by atoms with Gasteiger partial charge in [-0.3, -0.25) is 4.68 Å². The first-order valence-corrected chi connectivity index (χ1v) is 9.95. The van der Waals surface area contributed by atoms with E-state index < -0.39 is 5.97 Å². The first-order valence-electron chi connectivity index (χ1n) is 9.19. The molecular weight excluding hydrogens is 421 g/mol. The Morgan fingerprint density at radius 2 is 2.17 bits per heavy atom. The minimum Gasteiger partial charge on any atom is -0.477 e. The van der Waals surface area contributed by atoms with Gasteiger partial charge in [-0.1, -0.05) is 29.3 Å². The Morgan fingerprint density at radius 1 is 1.34 bits per heavy atom. The van der Waals surface area contributed by atoms with Crippen molar-refractivity contribution in [3.05, 3.63) is 45.6 Å². The highest BCUT2D eigenvalue weighted by Crippen LogP contribution is 2.33. The summed E-state index contributed by atoms with van der Waals surface area (Å²) in [4.78, 5) is 11.7. The molecule has 29 heavy (non-hydrogen) atoms. The Balaban J connectivity index is 1.84. The topological polar surface area (TPSA) is 94.8 Å². The number of ether oxygens (including phenoxy) is 3. The van der Waals surface area contributed by atoms with E-state index in [0.29, 0.717) is 42.9 Å². The third-order valence-electron chi connectivity index (χ3n) is 4.60. The molecule has 8 nitrogen and oxygen atoms in total. The highest BCUT2D eigenvalue weighted by Gasteiger charge is 2.29. The average Bonchev–Trinajstić information content (AvgIpc) is 2.95. The van der Waals surface area contributed by atoms with Crippen LogP contribution in [0.5, 0.6) is 5.88 Å². The van der Waals surface area contributed by atoms with E-state index in [-0.39, 0.29) is 30.2 Å². The summed E-state index contributed by atoms with van der Waals surface area (Å²) in [6.07, 6.45) is -0.288. The summed E-state index contributed by atoms with van der Waals surface area (Å²) in [6.45, 7) is 2.85. The van der Waals surface area contributed by atoms with Crippen molar-refractivity contribution in [2.45, 2.75) is 12.6 Å². The minimum atomic E-state index is -1.08. The minimum absolute atomic E-state index is 0.0505. The quantitative estimate of drug-likeness (QED) is 0.605. The number of carboxylic acids is 1. The molecule has 1 saturated heterocycles. The van der Waals surface area contributed by atoms with E-state index in [9.17, 15) is 9.90 Å². The summed E-state index contributed by atoms with van der Waals surface area (Å²) in [5.41, 5.74) is 0.934. The van der Waals surface area contributed by atoms with Gasteiger partial charge in [-0.05, 0) is 17.7 Å². The van der Waals surface area contributed by atoms with Crippen LogP contribution in [0.4, 0.5) is 0 Å². The van der Waals surface area contributed by atoms with Gasteiger partial charge in [-0.25, -0.2) is 4.79 Å². The molecule has 0 radical (unpaired) electrons. The van der Waals surface area contributed by atoms with Crippen molar-refractivity contribution in [3.8, 4) is 5.88 Å². The number of aromatic carboxylic acids is 1. The zero-order chi connectivity index (χ0) is 20.8. The molecule has 0 aliphatic carbocycles. The van der Waals surface area contributed by atoms with Crippen LogP contribution in [0.25, 0.3) is 0 Å². The van der Waals surface area contributed by atoms with E-state index in [1.54, 1.807) is 19.2 Å². The van der Waals surface area contributed by atoms with Crippen LogP contribution in [0, 0.1) is 5.92 Å². The number of aromatic nitrogens is 2. The molecule has 0 saturated carbocycles. The lowest BCUT2D eigenvalue weighted by Gasteiger charge is -2.25. The second-order valence-corrected chi connectivity index (χ2v) is 7.44. The molecule has 1 aromatic carbocycles. The molecule has 2 aromatic rings. The molecule has 1 aromatic heterocycles.